The maximum absolute atomic E-state index is 5.85. The lowest BCUT2D eigenvalue weighted by Gasteiger charge is -2.08. The summed E-state index contributed by atoms with van der Waals surface area (Å²) >= 11 is 0. The predicted octanol–water partition coefficient (Wildman–Crippen LogP) is 1.84. The summed E-state index contributed by atoms with van der Waals surface area (Å²) in [6.45, 7) is 4.73. The average Bonchev–Trinajstić information content (AvgIpc) is 2.63. The zero-order valence-corrected chi connectivity index (χ0v) is 7.59. The van der Waals surface area contributed by atoms with Crippen LogP contribution < -0.4 is 11.1 Å². The molecule has 0 saturated heterocycles. The van der Waals surface area contributed by atoms with Crippen molar-refractivity contribution < 1.29 is 0 Å². The van der Waals surface area contributed by atoms with Crippen LogP contribution in [-0.2, 0) is 6.42 Å². The molecular weight excluding hydrogens is 160 g/mol. The van der Waals surface area contributed by atoms with Crippen LogP contribution in [0.3, 0.4) is 0 Å². The zero-order valence-electron chi connectivity index (χ0n) is 7.59. The molecule has 0 aromatic heterocycles. The Morgan fingerprint density at radius 3 is 3.15 bits per heavy atom. The molecule has 3 N–H and O–H groups in total. The van der Waals surface area contributed by atoms with E-state index in [1.807, 2.05) is 0 Å². The molecule has 68 valence electrons. The standard InChI is InChI=1S/C11H14N2/c1-2-10(12)8-3-4-11-9(7-8)5-6-13-11/h2-4,7,10,13H,1,5-6,12H2/t10-/m0/s1. The quantitative estimate of drug-likeness (QED) is 0.671. The number of hydrogen-bond donors (Lipinski definition) is 2. The number of anilines is 1. The van der Waals surface area contributed by atoms with Crippen LogP contribution in [0, 0.1) is 0 Å². The Bertz CT molecular complexity index is 331. The van der Waals surface area contributed by atoms with Crippen molar-refractivity contribution in [1.82, 2.24) is 0 Å². The molecule has 1 aromatic rings. The minimum absolute atomic E-state index is 0.0362. The van der Waals surface area contributed by atoms with Crippen molar-refractivity contribution in [2.75, 3.05) is 11.9 Å². The second-order valence-corrected chi connectivity index (χ2v) is 3.35. The van der Waals surface area contributed by atoms with E-state index in [-0.39, 0.29) is 6.04 Å². The van der Waals surface area contributed by atoms with E-state index in [2.05, 4.69) is 30.1 Å². The fourth-order valence-electron chi connectivity index (χ4n) is 1.67. The molecule has 0 radical (unpaired) electrons. The Kier molecular flexibility index (Phi) is 2.07. The minimum atomic E-state index is -0.0362. The smallest absolute Gasteiger partial charge is 0.0478 e. The molecule has 0 fully saturated rings. The lowest BCUT2D eigenvalue weighted by Crippen LogP contribution is -2.06. The van der Waals surface area contributed by atoms with Gasteiger partial charge in [-0.25, -0.2) is 0 Å². The number of rotatable bonds is 2. The summed E-state index contributed by atoms with van der Waals surface area (Å²) in [5.74, 6) is 0. The molecule has 0 aliphatic carbocycles. The third-order valence-electron chi connectivity index (χ3n) is 2.48. The third kappa shape index (κ3) is 1.45. The molecule has 0 spiro atoms. The fraction of sp³-hybridized carbons (Fsp3) is 0.273. The van der Waals surface area contributed by atoms with E-state index in [9.17, 15) is 0 Å². The molecule has 0 saturated carbocycles. The van der Waals surface area contributed by atoms with Crippen LogP contribution >= 0.6 is 0 Å². The molecule has 1 atom stereocenters. The van der Waals surface area contributed by atoms with E-state index in [1.54, 1.807) is 6.08 Å². The Morgan fingerprint density at radius 1 is 1.54 bits per heavy atom. The first kappa shape index (κ1) is 8.32. The van der Waals surface area contributed by atoms with Gasteiger partial charge in [-0.05, 0) is 23.6 Å². The molecule has 2 rings (SSSR count). The van der Waals surface area contributed by atoms with E-state index in [0.717, 1.165) is 18.5 Å². The highest BCUT2D eigenvalue weighted by Gasteiger charge is 2.11. The molecule has 0 unspecified atom stereocenters. The molecule has 1 aliphatic rings. The summed E-state index contributed by atoms with van der Waals surface area (Å²) in [7, 11) is 0. The molecule has 1 aliphatic heterocycles. The van der Waals surface area contributed by atoms with Crippen molar-refractivity contribution in [3.05, 3.63) is 42.0 Å². The van der Waals surface area contributed by atoms with E-state index < -0.39 is 0 Å². The first-order chi connectivity index (χ1) is 6.31. The first-order valence-corrected chi connectivity index (χ1v) is 4.56. The van der Waals surface area contributed by atoms with Gasteiger partial charge >= 0.3 is 0 Å². The second kappa shape index (κ2) is 3.23. The van der Waals surface area contributed by atoms with Gasteiger partial charge in [-0.1, -0.05) is 18.2 Å². The Hall–Kier alpha value is -1.28. The van der Waals surface area contributed by atoms with E-state index >= 15 is 0 Å². The van der Waals surface area contributed by atoms with Gasteiger partial charge in [-0.3, -0.25) is 0 Å². The molecule has 2 heteroatoms. The number of hydrogen-bond acceptors (Lipinski definition) is 2. The number of benzene rings is 1. The Labute approximate surface area is 78.5 Å². The summed E-state index contributed by atoms with van der Waals surface area (Å²) in [6, 6.07) is 6.29. The van der Waals surface area contributed by atoms with E-state index in [0.29, 0.717) is 0 Å². The van der Waals surface area contributed by atoms with Crippen molar-refractivity contribution in [2.45, 2.75) is 12.5 Å². The van der Waals surface area contributed by atoms with Crippen LogP contribution in [-0.4, -0.2) is 6.54 Å². The lowest BCUT2D eigenvalue weighted by atomic mass is 10.0. The zero-order chi connectivity index (χ0) is 9.26. The number of nitrogens with one attached hydrogen (secondary N) is 1. The minimum Gasteiger partial charge on any atom is -0.384 e. The van der Waals surface area contributed by atoms with Gasteiger partial charge < -0.3 is 11.1 Å². The number of nitrogens with two attached hydrogens (primary N) is 1. The summed E-state index contributed by atoms with van der Waals surface area (Å²) in [5.41, 5.74) is 9.62. The van der Waals surface area contributed by atoms with Crippen LogP contribution in [0.4, 0.5) is 5.69 Å². The van der Waals surface area contributed by atoms with E-state index in [1.165, 1.54) is 11.3 Å². The maximum Gasteiger partial charge on any atom is 0.0478 e. The fourth-order valence-corrected chi connectivity index (χ4v) is 1.67. The van der Waals surface area contributed by atoms with Crippen LogP contribution in [0.1, 0.15) is 17.2 Å². The van der Waals surface area contributed by atoms with Crippen molar-refractivity contribution in [2.24, 2.45) is 5.73 Å². The average molecular weight is 174 g/mol. The SMILES string of the molecule is C=C[C@H](N)c1ccc2c(c1)CCN2. The summed E-state index contributed by atoms with van der Waals surface area (Å²) < 4.78 is 0. The number of fused-ring (bicyclic) bond motifs is 1. The summed E-state index contributed by atoms with van der Waals surface area (Å²) in [6.07, 6.45) is 2.87. The van der Waals surface area contributed by atoms with Gasteiger partial charge in [-0.15, -0.1) is 6.58 Å². The molecule has 1 aromatic carbocycles. The molecule has 2 nitrogen and oxygen atoms in total. The van der Waals surface area contributed by atoms with Crippen molar-refractivity contribution in [3.8, 4) is 0 Å². The van der Waals surface area contributed by atoms with Crippen LogP contribution in [0.25, 0.3) is 0 Å². The van der Waals surface area contributed by atoms with Gasteiger partial charge in [0.2, 0.25) is 0 Å². The van der Waals surface area contributed by atoms with Crippen molar-refractivity contribution >= 4 is 5.69 Å². The third-order valence-corrected chi connectivity index (χ3v) is 2.48. The molecule has 13 heavy (non-hydrogen) atoms. The largest absolute Gasteiger partial charge is 0.384 e. The molecule has 1 heterocycles. The Balaban J connectivity index is 2.35. The van der Waals surface area contributed by atoms with Gasteiger partial charge in [-0.2, -0.15) is 0 Å². The van der Waals surface area contributed by atoms with Crippen molar-refractivity contribution in [1.29, 1.82) is 0 Å². The summed E-state index contributed by atoms with van der Waals surface area (Å²) in [4.78, 5) is 0. The Morgan fingerprint density at radius 2 is 2.38 bits per heavy atom. The second-order valence-electron chi connectivity index (χ2n) is 3.35. The first-order valence-electron chi connectivity index (χ1n) is 4.56. The van der Waals surface area contributed by atoms with Crippen LogP contribution in [0.5, 0.6) is 0 Å². The highest BCUT2D eigenvalue weighted by atomic mass is 14.9. The highest BCUT2D eigenvalue weighted by molar-refractivity contribution is 5.57. The van der Waals surface area contributed by atoms with Gasteiger partial charge in [0.1, 0.15) is 0 Å². The predicted molar refractivity (Wildman–Crippen MR) is 55.8 cm³/mol. The molecule has 0 bridgehead atoms. The topological polar surface area (TPSA) is 38.0 Å². The summed E-state index contributed by atoms with van der Waals surface area (Å²) in [5, 5.41) is 3.32. The van der Waals surface area contributed by atoms with Crippen molar-refractivity contribution in [3.63, 3.8) is 0 Å². The van der Waals surface area contributed by atoms with Gasteiger partial charge in [0.05, 0.1) is 0 Å². The van der Waals surface area contributed by atoms with Crippen LogP contribution in [0.15, 0.2) is 30.9 Å². The monoisotopic (exact) mass is 174 g/mol. The van der Waals surface area contributed by atoms with Gasteiger partial charge in [0.25, 0.3) is 0 Å². The highest BCUT2D eigenvalue weighted by Crippen LogP contribution is 2.25. The lowest BCUT2D eigenvalue weighted by molar-refractivity contribution is 0.911. The van der Waals surface area contributed by atoms with Gasteiger partial charge in [0, 0.05) is 18.3 Å². The normalized spacial score (nSPS) is 16.1. The molecular formula is C11H14N2. The van der Waals surface area contributed by atoms with Gasteiger partial charge in [0.15, 0.2) is 0 Å². The molecule has 0 amide bonds. The van der Waals surface area contributed by atoms with E-state index in [4.69, 9.17) is 5.73 Å². The van der Waals surface area contributed by atoms with Crippen LogP contribution in [0.2, 0.25) is 0 Å². The maximum atomic E-state index is 5.85.